The van der Waals surface area contributed by atoms with Crippen LogP contribution >= 0.6 is 0 Å². The Morgan fingerprint density at radius 2 is 1.92 bits per heavy atom. The largest absolute Gasteiger partial charge is 0.393 e. The van der Waals surface area contributed by atoms with Crippen LogP contribution in [0.2, 0.25) is 0 Å². The predicted octanol–water partition coefficient (Wildman–Crippen LogP) is 0.720. The van der Waals surface area contributed by atoms with Crippen molar-refractivity contribution < 1.29 is 5.11 Å². The topological polar surface area (TPSA) is 58.3 Å². The number of aliphatic hydroxyl groups is 1. The molecule has 80 valence electrons. The van der Waals surface area contributed by atoms with E-state index in [0.29, 0.717) is 18.5 Å². The molecule has 2 atom stereocenters. The van der Waals surface area contributed by atoms with E-state index in [4.69, 9.17) is 10.8 Å². The summed E-state index contributed by atoms with van der Waals surface area (Å²) in [5, 5.41) is 12.4. The summed E-state index contributed by atoms with van der Waals surface area (Å²) < 4.78 is 0. The number of hydrogen-bond acceptors (Lipinski definition) is 3. The quantitative estimate of drug-likeness (QED) is 0.516. The number of nitrogens with two attached hydrogens (primary N) is 1. The van der Waals surface area contributed by atoms with Crippen molar-refractivity contribution in [3.63, 3.8) is 0 Å². The van der Waals surface area contributed by atoms with Crippen LogP contribution in [0.15, 0.2) is 0 Å². The maximum absolute atomic E-state index is 9.03. The van der Waals surface area contributed by atoms with Gasteiger partial charge in [0.15, 0.2) is 0 Å². The first-order chi connectivity index (χ1) is 6.07. The van der Waals surface area contributed by atoms with Crippen LogP contribution in [0, 0.1) is 5.92 Å². The molecule has 0 aliphatic carbocycles. The van der Waals surface area contributed by atoms with Crippen LogP contribution in [-0.4, -0.2) is 30.3 Å². The molecule has 0 radical (unpaired) electrons. The summed E-state index contributed by atoms with van der Waals surface area (Å²) in [4.78, 5) is 0. The number of hydrogen-bond donors (Lipinski definition) is 3. The van der Waals surface area contributed by atoms with Gasteiger partial charge in [-0.3, -0.25) is 0 Å². The van der Waals surface area contributed by atoms with Crippen molar-refractivity contribution in [1.29, 1.82) is 0 Å². The minimum absolute atomic E-state index is 0.183. The van der Waals surface area contributed by atoms with Crippen LogP contribution in [0.4, 0.5) is 0 Å². The first-order valence-electron chi connectivity index (χ1n) is 5.19. The van der Waals surface area contributed by atoms with Crippen molar-refractivity contribution in [1.82, 2.24) is 5.32 Å². The summed E-state index contributed by atoms with van der Waals surface area (Å²) in [5.74, 6) is 0.580. The van der Waals surface area contributed by atoms with Gasteiger partial charge in [0, 0.05) is 12.6 Å². The smallest absolute Gasteiger partial charge is 0.0512 e. The maximum Gasteiger partial charge on any atom is 0.0512 e. The lowest BCUT2D eigenvalue weighted by molar-refractivity contribution is 0.180. The van der Waals surface area contributed by atoms with Crippen LogP contribution in [0.3, 0.4) is 0 Å². The van der Waals surface area contributed by atoms with Crippen LogP contribution in [0.25, 0.3) is 0 Å². The first-order valence-corrected chi connectivity index (χ1v) is 5.19. The van der Waals surface area contributed by atoms with Crippen LogP contribution in [0.1, 0.15) is 33.6 Å². The zero-order valence-electron chi connectivity index (χ0n) is 9.09. The molecule has 0 fully saturated rings. The van der Waals surface area contributed by atoms with E-state index in [-0.39, 0.29) is 6.10 Å². The van der Waals surface area contributed by atoms with Gasteiger partial charge in [-0.2, -0.15) is 0 Å². The molecule has 0 aliphatic rings. The average Bonchev–Trinajstić information content (AvgIpc) is 2.03. The second-order valence-corrected chi connectivity index (χ2v) is 4.03. The van der Waals surface area contributed by atoms with Crippen molar-refractivity contribution >= 4 is 0 Å². The van der Waals surface area contributed by atoms with Gasteiger partial charge in [-0.05, 0) is 32.2 Å². The zero-order valence-corrected chi connectivity index (χ0v) is 9.09. The SMILES string of the molecule is CC(O)CCCNC(CN)C(C)C. The monoisotopic (exact) mass is 188 g/mol. The third kappa shape index (κ3) is 6.99. The van der Waals surface area contributed by atoms with Crippen molar-refractivity contribution in [3.05, 3.63) is 0 Å². The van der Waals surface area contributed by atoms with Gasteiger partial charge in [-0.25, -0.2) is 0 Å². The van der Waals surface area contributed by atoms with Gasteiger partial charge in [0.1, 0.15) is 0 Å². The van der Waals surface area contributed by atoms with E-state index < -0.39 is 0 Å². The Morgan fingerprint density at radius 3 is 2.31 bits per heavy atom. The Hall–Kier alpha value is -0.120. The molecule has 0 heterocycles. The van der Waals surface area contributed by atoms with E-state index in [9.17, 15) is 0 Å². The van der Waals surface area contributed by atoms with Gasteiger partial charge >= 0.3 is 0 Å². The molecule has 2 unspecified atom stereocenters. The average molecular weight is 188 g/mol. The molecule has 0 saturated carbocycles. The summed E-state index contributed by atoms with van der Waals surface area (Å²) in [6.45, 7) is 7.79. The molecule has 3 nitrogen and oxygen atoms in total. The van der Waals surface area contributed by atoms with Gasteiger partial charge in [0.05, 0.1) is 6.10 Å². The molecule has 0 spiro atoms. The Labute approximate surface area is 81.7 Å². The lowest BCUT2D eigenvalue weighted by Crippen LogP contribution is -2.40. The number of aliphatic hydroxyl groups excluding tert-OH is 1. The van der Waals surface area contributed by atoms with Crippen molar-refractivity contribution in [2.24, 2.45) is 11.7 Å². The summed E-state index contributed by atoms with van der Waals surface area (Å²) in [7, 11) is 0. The third-order valence-electron chi connectivity index (χ3n) is 2.26. The molecule has 3 heteroatoms. The Balaban J connectivity index is 3.39. The molecule has 0 rings (SSSR count). The summed E-state index contributed by atoms with van der Waals surface area (Å²) in [5.41, 5.74) is 5.60. The fraction of sp³-hybridized carbons (Fsp3) is 1.00. The van der Waals surface area contributed by atoms with E-state index >= 15 is 0 Å². The first kappa shape index (κ1) is 12.9. The fourth-order valence-corrected chi connectivity index (χ4v) is 1.28. The van der Waals surface area contributed by atoms with E-state index in [2.05, 4.69) is 19.2 Å². The molecular formula is C10H24N2O. The molecule has 0 aromatic rings. The highest BCUT2D eigenvalue weighted by Gasteiger charge is 2.09. The zero-order chi connectivity index (χ0) is 10.3. The normalized spacial score (nSPS) is 16.2. The molecule has 0 amide bonds. The molecule has 0 aromatic carbocycles. The summed E-state index contributed by atoms with van der Waals surface area (Å²) in [6, 6.07) is 0.411. The summed E-state index contributed by atoms with van der Waals surface area (Å²) >= 11 is 0. The van der Waals surface area contributed by atoms with Crippen molar-refractivity contribution in [2.75, 3.05) is 13.1 Å². The summed E-state index contributed by atoms with van der Waals surface area (Å²) in [6.07, 6.45) is 1.70. The minimum Gasteiger partial charge on any atom is -0.393 e. The highest BCUT2D eigenvalue weighted by Crippen LogP contribution is 2.00. The van der Waals surface area contributed by atoms with E-state index in [1.54, 1.807) is 0 Å². The van der Waals surface area contributed by atoms with Gasteiger partial charge in [0.25, 0.3) is 0 Å². The second-order valence-electron chi connectivity index (χ2n) is 4.03. The fourth-order valence-electron chi connectivity index (χ4n) is 1.28. The molecule has 0 aromatic heterocycles. The third-order valence-corrected chi connectivity index (χ3v) is 2.26. The Morgan fingerprint density at radius 1 is 1.31 bits per heavy atom. The van der Waals surface area contributed by atoms with E-state index in [1.807, 2.05) is 6.92 Å². The molecule has 0 aliphatic heterocycles. The van der Waals surface area contributed by atoms with Gasteiger partial charge in [-0.15, -0.1) is 0 Å². The maximum atomic E-state index is 9.03. The van der Waals surface area contributed by atoms with Gasteiger partial charge in [-0.1, -0.05) is 13.8 Å². The van der Waals surface area contributed by atoms with Crippen LogP contribution in [0.5, 0.6) is 0 Å². The standard InChI is InChI=1S/C10H24N2O/c1-8(2)10(7-11)12-6-4-5-9(3)13/h8-10,12-13H,4-7,11H2,1-3H3. The highest BCUT2D eigenvalue weighted by molar-refractivity contribution is 4.70. The van der Waals surface area contributed by atoms with Gasteiger partial charge < -0.3 is 16.2 Å². The Kier molecular flexibility index (Phi) is 7.23. The predicted molar refractivity (Wildman–Crippen MR) is 56.6 cm³/mol. The number of rotatable bonds is 7. The van der Waals surface area contributed by atoms with Crippen LogP contribution in [-0.2, 0) is 0 Å². The lowest BCUT2D eigenvalue weighted by Gasteiger charge is -2.20. The number of nitrogens with one attached hydrogen (secondary N) is 1. The van der Waals surface area contributed by atoms with Gasteiger partial charge in [0.2, 0.25) is 0 Å². The molecule has 0 bridgehead atoms. The second kappa shape index (κ2) is 7.30. The minimum atomic E-state index is -0.183. The molecule has 4 N–H and O–H groups in total. The van der Waals surface area contributed by atoms with E-state index in [0.717, 1.165) is 19.4 Å². The Bertz CT molecular complexity index is 115. The van der Waals surface area contributed by atoms with Crippen molar-refractivity contribution in [2.45, 2.75) is 45.8 Å². The van der Waals surface area contributed by atoms with Crippen LogP contribution < -0.4 is 11.1 Å². The van der Waals surface area contributed by atoms with E-state index in [1.165, 1.54) is 0 Å². The lowest BCUT2D eigenvalue weighted by atomic mass is 10.0. The molecular weight excluding hydrogens is 164 g/mol. The highest BCUT2D eigenvalue weighted by atomic mass is 16.3. The molecule has 13 heavy (non-hydrogen) atoms. The molecule has 0 saturated heterocycles. The van der Waals surface area contributed by atoms with Crippen molar-refractivity contribution in [3.8, 4) is 0 Å².